The number of ether oxygens (including phenoxy) is 1. The molecule has 0 fully saturated rings. The quantitative estimate of drug-likeness (QED) is 0.636. The molecule has 0 amide bonds. The Kier molecular flexibility index (Phi) is 5.22. The largest absolute Gasteiger partial charge is 0.506 e. The lowest BCUT2D eigenvalue weighted by molar-refractivity contribution is 0.0692. The molecule has 2 N–H and O–H groups in total. The summed E-state index contributed by atoms with van der Waals surface area (Å²) in [6.45, 7) is 2.35. The third-order valence-electron chi connectivity index (χ3n) is 4.13. The van der Waals surface area contributed by atoms with Crippen LogP contribution in [0.1, 0.15) is 33.2 Å². The highest BCUT2D eigenvalue weighted by Gasteiger charge is 2.24. The van der Waals surface area contributed by atoms with Crippen molar-refractivity contribution in [2.75, 3.05) is 6.61 Å². The Morgan fingerprint density at radius 3 is 2.37 bits per heavy atom. The fourth-order valence-corrected chi connectivity index (χ4v) is 2.89. The molecule has 0 bridgehead atoms. The van der Waals surface area contributed by atoms with Crippen molar-refractivity contribution in [2.24, 2.45) is 0 Å². The van der Waals surface area contributed by atoms with E-state index >= 15 is 0 Å². The van der Waals surface area contributed by atoms with E-state index in [1.165, 1.54) is 12.1 Å². The van der Waals surface area contributed by atoms with Crippen LogP contribution in [0.25, 0.3) is 11.1 Å². The molecular weight excluding hydrogens is 344 g/mol. The van der Waals surface area contributed by atoms with E-state index in [-0.39, 0.29) is 16.9 Å². The molecule has 0 saturated heterocycles. The molecule has 0 aliphatic rings. The molecule has 3 aromatic carbocycles. The van der Waals surface area contributed by atoms with Gasteiger partial charge in [0.1, 0.15) is 11.5 Å². The molecule has 3 rings (SSSR count). The predicted octanol–water partition coefficient (Wildman–Crippen LogP) is 4.39. The van der Waals surface area contributed by atoms with Crippen molar-refractivity contribution in [2.45, 2.75) is 6.92 Å². The highest BCUT2D eigenvalue weighted by Crippen LogP contribution is 2.37. The first-order valence-electron chi connectivity index (χ1n) is 8.45. The van der Waals surface area contributed by atoms with E-state index in [0.29, 0.717) is 29.0 Å². The Balaban J connectivity index is 2.18. The highest BCUT2D eigenvalue weighted by atomic mass is 16.5. The maximum absolute atomic E-state index is 12.9. The van der Waals surface area contributed by atoms with Crippen LogP contribution < -0.4 is 4.74 Å². The van der Waals surface area contributed by atoms with Crippen LogP contribution >= 0.6 is 0 Å². The predicted molar refractivity (Wildman–Crippen MR) is 102 cm³/mol. The van der Waals surface area contributed by atoms with E-state index < -0.39 is 11.8 Å². The third-order valence-corrected chi connectivity index (χ3v) is 4.13. The molecule has 5 nitrogen and oxygen atoms in total. The van der Waals surface area contributed by atoms with Crippen LogP contribution in [0, 0.1) is 0 Å². The maximum atomic E-state index is 12.9. The summed E-state index contributed by atoms with van der Waals surface area (Å²) in [7, 11) is 0. The number of hydrogen-bond donors (Lipinski definition) is 2. The molecule has 0 aliphatic heterocycles. The maximum Gasteiger partial charge on any atom is 0.336 e. The average Bonchev–Trinajstić information content (AvgIpc) is 2.68. The van der Waals surface area contributed by atoms with E-state index in [0.717, 1.165) is 0 Å². The standard InChI is InChI=1S/C22H18O5/c1-2-27-16-10-6-9-15(13-16)17-11-12-18(22(25)26)19(21(17)24)20(23)14-7-4-3-5-8-14/h3-13,24H,2H2,1H3,(H,25,26). The van der Waals surface area contributed by atoms with Gasteiger partial charge >= 0.3 is 5.97 Å². The number of phenolic OH excluding ortho intramolecular Hbond substituents is 1. The number of carboxylic acids is 1. The van der Waals surface area contributed by atoms with E-state index in [9.17, 15) is 19.8 Å². The average molecular weight is 362 g/mol. The van der Waals surface area contributed by atoms with Crippen LogP contribution in [0.2, 0.25) is 0 Å². The van der Waals surface area contributed by atoms with Gasteiger partial charge in [0.15, 0.2) is 5.78 Å². The smallest absolute Gasteiger partial charge is 0.336 e. The lowest BCUT2D eigenvalue weighted by atomic mass is 9.92. The van der Waals surface area contributed by atoms with Gasteiger partial charge in [0.2, 0.25) is 0 Å². The van der Waals surface area contributed by atoms with Crippen LogP contribution in [0.15, 0.2) is 66.7 Å². The van der Waals surface area contributed by atoms with Crippen LogP contribution in [-0.4, -0.2) is 28.6 Å². The number of rotatable bonds is 6. The Hall–Kier alpha value is -3.60. The molecule has 0 radical (unpaired) electrons. The van der Waals surface area contributed by atoms with Crippen molar-refractivity contribution < 1.29 is 24.5 Å². The van der Waals surface area contributed by atoms with Crippen LogP contribution in [0.4, 0.5) is 0 Å². The molecule has 0 saturated carbocycles. The van der Waals surface area contributed by atoms with E-state index in [2.05, 4.69) is 0 Å². The molecule has 136 valence electrons. The van der Waals surface area contributed by atoms with Crippen LogP contribution in [0.3, 0.4) is 0 Å². The summed E-state index contributed by atoms with van der Waals surface area (Å²) in [5.41, 5.74) is 0.813. The fraction of sp³-hybridized carbons (Fsp3) is 0.0909. The van der Waals surface area contributed by atoms with Gasteiger partial charge in [0.25, 0.3) is 0 Å². The first kappa shape index (κ1) is 18.2. The highest BCUT2D eigenvalue weighted by molar-refractivity contribution is 6.17. The summed E-state index contributed by atoms with van der Waals surface area (Å²) in [4.78, 5) is 24.5. The number of benzene rings is 3. The second-order valence-corrected chi connectivity index (χ2v) is 5.85. The fourth-order valence-electron chi connectivity index (χ4n) is 2.89. The second-order valence-electron chi connectivity index (χ2n) is 5.85. The summed E-state index contributed by atoms with van der Waals surface area (Å²) in [5.74, 6) is -1.57. The molecule has 3 aromatic rings. The summed E-state index contributed by atoms with van der Waals surface area (Å²) < 4.78 is 5.47. The molecule has 0 aliphatic carbocycles. The Labute approximate surface area is 156 Å². The molecule has 27 heavy (non-hydrogen) atoms. The lowest BCUT2D eigenvalue weighted by Gasteiger charge is -2.13. The number of carboxylic acid groups (broad SMARTS) is 1. The summed E-state index contributed by atoms with van der Waals surface area (Å²) in [6.07, 6.45) is 0. The molecule has 0 heterocycles. The Bertz CT molecular complexity index is 993. The lowest BCUT2D eigenvalue weighted by Crippen LogP contribution is -2.10. The number of aromatic hydroxyl groups is 1. The molecule has 0 unspecified atom stereocenters. The normalized spacial score (nSPS) is 10.4. The number of carbonyl (C=O) groups is 2. The van der Waals surface area contributed by atoms with Crippen molar-refractivity contribution in [3.05, 3.63) is 83.4 Å². The summed E-state index contributed by atoms with van der Waals surface area (Å²) >= 11 is 0. The zero-order chi connectivity index (χ0) is 19.4. The van der Waals surface area contributed by atoms with Crippen molar-refractivity contribution in [3.63, 3.8) is 0 Å². The van der Waals surface area contributed by atoms with Gasteiger partial charge < -0.3 is 14.9 Å². The molecule has 0 aromatic heterocycles. The topological polar surface area (TPSA) is 83.8 Å². The van der Waals surface area contributed by atoms with Gasteiger partial charge in [-0.15, -0.1) is 0 Å². The number of carbonyl (C=O) groups excluding carboxylic acids is 1. The van der Waals surface area contributed by atoms with E-state index in [1.807, 2.05) is 6.92 Å². The summed E-state index contributed by atoms with van der Waals surface area (Å²) in [6, 6.07) is 18.1. The monoisotopic (exact) mass is 362 g/mol. The van der Waals surface area contributed by atoms with Gasteiger partial charge in [-0.2, -0.15) is 0 Å². The van der Waals surface area contributed by atoms with Gasteiger partial charge in [-0.05, 0) is 36.8 Å². The van der Waals surface area contributed by atoms with Crippen molar-refractivity contribution in [1.82, 2.24) is 0 Å². The van der Waals surface area contributed by atoms with Crippen molar-refractivity contribution in [3.8, 4) is 22.6 Å². The number of aromatic carboxylic acids is 1. The zero-order valence-electron chi connectivity index (χ0n) is 14.7. The number of hydrogen-bond acceptors (Lipinski definition) is 4. The Morgan fingerprint density at radius 2 is 1.70 bits per heavy atom. The minimum atomic E-state index is -1.28. The van der Waals surface area contributed by atoms with Crippen LogP contribution in [0.5, 0.6) is 11.5 Å². The minimum Gasteiger partial charge on any atom is -0.506 e. The molecule has 0 atom stereocenters. The number of ketones is 1. The third kappa shape index (κ3) is 3.67. The van der Waals surface area contributed by atoms with Crippen molar-refractivity contribution >= 4 is 11.8 Å². The van der Waals surface area contributed by atoms with Gasteiger partial charge in [0, 0.05) is 11.1 Å². The zero-order valence-corrected chi connectivity index (χ0v) is 14.7. The minimum absolute atomic E-state index is 0.229. The van der Waals surface area contributed by atoms with Gasteiger partial charge in [-0.3, -0.25) is 4.79 Å². The van der Waals surface area contributed by atoms with E-state index in [4.69, 9.17) is 4.74 Å². The van der Waals surface area contributed by atoms with E-state index in [1.54, 1.807) is 54.6 Å². The van der Waals surface area contributed by atoms with Gasteiger partial charge in [0.05, 0.1) is 17.7 Å². The van der Waals surface area contributed by atoms with Gasteiger partial charge in [-0.1, -0.05) is 42.5 Å². The second kappa shape index (κ2) is 7.74. The summed E-state index contributed by atoms with van der Waals surface area (Å²) in [5, 5.41) is 20.3. The first-order valence-corrected chi connectivity index (χ1v) is 8.45. The number of phenols is 1. The van der Waals surface area contributed by atoms with Gasteiger partial charge in [-0.25, -0.2) is 4.79 Å². The Morgan fingerprint density at radius 1 is 0.963 bits per heavy atom. The van der Waals surface area contributed by atoms with Crippen molar-refractivity contribution in [1.29, 1.82) is 0 Å². The van der Waals surface area contributed by atoms with Crippen LogP contribution in [-0.2, 0) is 0 Å². The first-order chi connectivity index (χ1) is 13.0. The molecule has 5 heteroatoms. The molecule has 0 spiro atoms. The molecular formula is C22H18O5. The SMILES string of the molecule is CCOc1cccc(-c2ccc(C(=O)O)c(C(=O)c3ccccc3)c2O)c1.